The van der Waals surface area contributed by atoms with Crippen LogP contribution in [-0.4, -0.2) is 8.42 Å². The SMILES string of the molecule is CC(NCc1cccc(S(N)(=O)=O)c1)c1cc(Cl)sc1Cl. The molecule has 0 saturated heterocycles. The summed E-state index contributed by atoms with van der Waals surface area (Å²) in [5, 5.41) is 8.39. The fourth-order valence-electron chi connectivity index (χ4n) is 1.86. The van der Waals surface area contributed by atoms with Crippen LogP contribution in [0.3, 0.4) is 0 Å². The van der Waals surface area contributed by atoms with E-state index in [-0.39, 0.29) is 10.9 Å². The lowest BCUT2D eigenvalue weighted by Crippen LogP contribution is -2.18. The molecule has 0 aliphatic heterocycles. The zero-order valence-electron chi connectivity index (χ0n) is 11.1. The van der Waals surface area contributed by atoms with Crippen LogP contribution in [0.1, 0.15) is 24.1 Å². The van der Waals surface area contributed by atoms with Gasteiger partial charge >= 0.3 is 0 Å². The van der Waals surface area contributed by atoms with Crippen molar-refractivity contribution in [2.75, 3.05) is 0 Å². The molecule has 4 nitrogen and oxygen atoms in total. The fraction of sp³-hybridized carbons (Fsp3) is 0.231. The quantitative estimate of drug-likeness (QED) is 0.851. The summed E-state index contributed by atoms with van der Waals surface area (Å²) in [6.07, 6.45) is 0. The van der Waals surface area contributed by atoms with Crippen molar-refractivity contribution < 1.29 is 8.42 Å². The van der Waals surface area contributed by atoms with Gasteiger partial charge in [0, 0.05) is 12.6 Å². The normalized spacial score (nSPS) is 13.3. The monoisotopic (exact) mass is 364 g/mol. The lowest BCUT2D eigenvalue weighted by molar-refractivity contribution is 0.575. The van der Waals surface area contributed by atoms with E-state index in [2.05, 4.69) is 5.32 Å². The summed E-state index contributed by atoms with van der Waals surface area (Å²) in [6, 6.07) is 8.34. The molecule has 0 amide bonds. The maximum absolute atomic E-state index is 11.3. The van der Waals surface area contributed by atoms with E-state index in [1.165, 1.54) is 17.4 Å². The summed E-state index contributed by atoms with van der Waals surface area (Å²) in [5.74, 6) is 0. The molecule has 0 radical (unpaired) electrons. The number of hydrogen-bond donors (Lipinski definition) is 2. The van der Waals surface area contributed by atoms with Crippen LogP contribution in [-0.2, 0) is 16.6 Å². The lowest BCUT2D eigenvalue weighted by atomic mass is 10.1. The second kappa shape index (κ2) is 6.64. The molecule has 0 aliphatic carbocycles. The number of benzene rings is 1. The minimum atomic E-state index is -3.68. The highest BCUT2D eigenvalue weighted by Crippen LogP contribution is 2.34. The molecule has 114 valence electrons. The van der Waals surface area contributed by atoms with E-state index in [1.807, 2.05) is 19.1 Å². The fourth-order valence-corrected chi connectivity index (χ4v) is 4.09. The number of primary sulfonamides is 1. The molecular weight excluding hydrogens is 351 g/mol. The van der Waals surface area contributed by atoms with Crippen LogP contribution in [0.15, 0.2) is 35.2 Å². The van der Waals surface area contributed by atoms with Crippen LogP contribution >= 0.6 is 34.5 Å². The van der Waals surface area contributed by atoms with Crippen LogP contribution in [0.4, 0.5) is 0 Å². The van der Waals surface area contributed by atoms with Crippen molar-refractivity contribution in [2.45, 2.75) is 24.4 Å². The van der Waals surface area contributed by atoms with Gasteiger partial charge in [-0.1, -0.05) is 35.3 Å². The first-order valence-corrected chi connectivity index (χ1v) is 9.19. The predicted octanol–water partition coefficient (Wildman–Crippen LogP) is 3.55. The molecule has 3 N–H and O–H groups in total. The summed E-state index contributed by atoms with van der Waals surface area (Å²) in [6.45, 7) is 2.46. The molecule has 1 aromatic heterocycles. The van der Waals surface area contributed by atoms with E-state index in [9.17, 15) is 8.42 Å². The van der Waals surface area contributed by atoms with Crippen LogP contribution in [0.25, 0.3) is 0 Å². The van der Waals surface area contributed by atoms with Gasteiger partial charge in [0.25, 0.3) is 0 Å². The van der Waals surface area contributed by atoms with Crippen molar-refractivity contribution in [3.8, 4) is 0 Å². The standard InChI is InChI=1S/C13H14Cl2N2O2S2/c1-8(11-6-12(14)20-13(11)15)17-7-9-3-2-4-10(5-9)21(16,18)19/h2-6,8,17H,7H2,1H3,(H2,16,18,19). The summed E-state index contributed by atoms with van der Waals surface area (Å²) in [5.41, 5.74) is 1.75. The number of nitrogens with one attached hydrogen (secondary N) is 1. The Balaban J connectivity index is 2.08. The summed E-state index contributed by atoms with van der Waals surface area (Å²) >= 11 is 13.3. The van der Waals surface area contributed by atoms with E-state index >= 15 is 0 Å². The third kappa shape index (κ3) is 4.42. The maximum Gasteiger partial charge on any atom is 0.238 e. The molecule has 21 heavy (non-hydrogen) atoms. The molecule has 0 saturated carbocycles. The molecule has 0 aliphatic rings. The van der Waals surface area contributed by atoms with Gasteiger partial charge < -0.3 is 5.32 Å². The first-order chi connectivity index (χ1) is 9.77. The molecule has 1 atom stereocenters. The number of hydrogen-bond acceptors (Lipinski definition) is 4. The third-order valence-electron chi connectivity index (χ3n) is 2.99. The van der Waals surface area contributed by atoms with Gasteiger partial charge in [-0.05, 0) is 36.2 Å². The largest absolute Gasteiger partial charge is 0.306 e. The van der Waals surface area contributed by atoms with Crippen molar-refractivity contribution >= 4 is 44.6 Å². The lowest BCUT2D eigenvalue weighted by Gasteiger charge is -2.13. The van der Waals surface area contributed by atoms with Gasteiger partial charge in [0.1, 0.15) is 0 Å². The van der Waals surface area contributed by atoms with Gasteiger partial charge in [0.2, 0.25) is 10.0 Å². The van der Waals surface area contributed by atoms with Gasteiger partial charge in [0.15, 0.2) is 0 Å². The highest BCUT2D eigenvalue weighted by molar-refractivity contribution is 7.89. The molecule has 2 aromatic rings. The Labute approximate surface area is 137 Å². The summed E-state index contributed by atoms with van der Waals surface area (Å²) < 4.78 is 23.9. The summed E-state index contributed by atoms with van der Waals surface area (Å²) in [4.78, 5) is 0.103. The number of halogens is 2. The highest BCUT2D eigenvalue weighted by Gasteiger charge is 2.13. The van der Waals surface area contributed by atoms with Crippen LogP contribution in [0.2, 0.25) is 8.67 Å². The molecule has 1 heterocycles. The Kier molecular flexibility index (Phi) is 5.29. The van der Waals surface area contributed by atoms with Crippen molar-refractivity contribution in [1.82, 2.24) is 5.32 Å². The van der Waals surface area contributed by atoms with Gasteiger partial charge in [-0.15, -0.1) is 11.3 Å². The Morgan fingerprint density at radius 1 is 1.33 bits per heavy atom. The first kappa shape index (κ1) is 16.7. The number of sulfonamides is 1. The Bertz CT molecular complexity index is 744. The van der Waals surface area contributed by atoms with Crippen molar-refractivity contribution in [1.29, 1.82) is 0 Å². The molecule has 1 aromatic carbocycles. The topological polar surface area (TPSA) is 72.2 Å². The Morgan fingerprint density at radius 2 is 2.05 bits per heavy atom. The average molecular weight is 365 g/mol. The minimum Gasteiger partial charge on any atom is -0.306 e. The second-order valence-electron chi connectivity index (χ2n) is 4.57. The Morgan fingerprint density at radius 3 is 2.62 bits per heavy atom. The van der Waals surface area contributed by atoms with Crippen molar-refractivity contribution in [3.05, 3.63) is 50.1 Å². The first-order valence-electron chi connectivity index (χ1n) is 6.07. The van der Waals surface area contributed by atoms with Crippen LogP contribution < -0.4 is 10.5 Å². The van der Waals surface area contributed by atoms with Gasteiger partial charge in [0.05, 0.1) is 13.6 Å². The van der Waals surface area contributed by atoms with Gasteiger partial charge in [-0.3, -0.25) is 0 Å². The predicted molar refractivity (Wildman–Crippen MR) is 87.4 cm³/mol. The van der Waals surface area contributed by atoms with Crippen LogP contribution in [0.5, 0.6) is 0 Å². The molecule has 0 bridgehead atoms. The average Bonchev–Trinajstić information content (AvgIpc) is 2.74. The smallest absolute Gasteiger partial charge is 0.238 e. The maximum atomic E-state index is 11.3. The minimum absolute atomic E-state index is 0.000565. The van der Waals surface area contributed by atoms with Crippen LogP contribution in [0, 0.1) is 0 Å². The molecule has 0 fully saturated rings. The molecule has 1 unspecified atom stereocenters. The number of thiophene rings is 1. The van der Waals surface area contributed by atoms with Gasteiger partial charge in [-0.25, -0.2) is 13.6 Å². The van der Waals surface area contributed by atoms with E-state index in [0.717, 1.165) is 11.1 Å². The number of nitrogens with two attached hydrogens (primary N) is 1. The molecule has 0 spiro atoms. The van der Waals surface area contributed by atoms with E-state index in [1.54, 1.807) is 12.1 Å². The van der Waals surface area contributed by atoms with Crippen molar-refractivity contribution in [3.63, 3.8) is 0 Å². The Hall–Kier alpha value is -0.630. The zero-order valence-corrected chi connectivity index (χ0v) is 14.3. The molecule has 2 rings (SSSR count). The second-order valence-corrected chi connectivity index (χ2v) is 8.42. The van der Waals surface area contributed by atoms with E-state index in [4.69, 9.17) is 28.3 Å². The summed E-state index contributed by atoms with van der Waals surface area (Å²) in [7, 11) is -3.68. The zero-order chi connectivity index (χ0) is 15.6. The third-order valence-corrected chi connectivity index (χ3v) is 5.42. The molecule has 8 heteroatoms. The molecular formula is C13H14Cl2N2O2S2. The number of rotatable bonds is 5. The highest BCUT2D eigenvalue weighted by atomic mass is 35.5. The van der Waals surface area contributed by atoms with E-state index < -0.39 is 10.0 Å². The van der Waals surface area contributed by atoms with Gasteiger partial charge in [-0.2, -0.15) is 0 Å². The van der Waals surface area contributed by atoms with Crippen molar-refractivity contribution in [2.24, 2.45) is 5.14 Å². The van der Waals surface area contributed by atoms with E-state index in [0.29, 0.717) is 15.2 Å².